The van der Waals surface area contributed by atoms with Crippen molar-refractivity contribution < 1.29 is 18.6 Å². The molecule has 19 heavy (non-hydrogen) atoms. The molecule has 0 aromatic heterocycles. The summed E-state index contributed by atoms with van der Waals surface area (Å²) < 4.78 is 32.8. The van der Waals surface area contributed by atoms with Crippen molar-refractivity contribution in [3.05, 3.63) is 34.9 Å². The van der Waals surface area contributed by atoms with Gasteiger partial charge in [0, 0.05) is 17.5 Å². The van der Waals surface area contributed by atoms with Crippen LogP contribution in [0.15, 0.2) is 12.1 Å². The summed E-state index contributed by atoms with van der Waals surface area (Å²) in [5, 5.41) is 10.4. The van der Waals surface area contributed by atoms with Gasteiger partial charge < -0.3 is 9.84 Å². The molecule has 1 aliphatic heterocycles. The molecule has 2 rings (SSSR count). The summed E-state index contributed by atoms with van der Waals surface area (Å²) in [7, 11) is 0. The van der Waals surface area contributed by atoms with E-state index in [9.17, 15) is 13.9 Å². The molecule has 0 aliphatic carbocycles. The van der Waals surface area contributed by atoms with Crippen LogP contribution in [0.4, 0.5) is 8.78 Å². The number of ether oxygens (including phenoxy) is 1. The largest absolute Gasteiger partial charge is 0.388 e. The molecule has 5 atom stereocenters. The number of halogens is 2. The first-order chi connectivity index (χ1) is 8.82. The Balaban J connectivity index is 2.34. The minimum atomic E-state index is -0.978. The molecule has 0 bridgehead atoms. The number of aryl methyl sites for hydroxylation is 1. The van der Waals surface area contributed by atoms with Crippen LogP contribution in [0, 0.1) is 30.4 Å². The van der Waals surface area contributed by atoms with Gasteiger partial charge in [0.2, 0.25) is 0 Å². The van der Waals surface area contributed by atoms with Gasteiger partial charge in [-0.15, -0.1) is 0 Å². The van der Waals surface area contributed by atoms with Gasteiger partial charge in [0.15, 0.2) is 0 Å². The molecular formula is C15H20F2O2. The standard InChI is InChI=1S/C15H20F2O2/c1-7-5-11(13(17)6-12(7)16)15(18)14-8(2)9(3)19-10(14)4/h5-6,8-10,14-15,18H,1-4H3. The van der Waals surface area contributed by atoms with E-state index in [1.807, 2.05) is 20.8 Å². The summed E-state index contributed by atoms with van der Waals surface area (Å²) in [6.45, 7) is 7.37. The Morgan fingerprint density at radius 1 is 1.11 bits per heavy atom. The first-order valence-electron chi connectivity index (χ1n) is 6.62. The second kappa shape index (κ2) is 5.17. The van der Waals surface area contributed by atoms with Crippen molar-refractivity contribution in [2.75, 3.05) is 0 Å². The SMILES string of the molecule is Cc1cc(C(O)C2C(C)OC(C)C2C)c(F)cc1F. The molecule has 2 nitrogen and oxygen atoms in total. The molecule has 0 radical (unpaired) electrons. The van der Waals surface area contributed by atoms with E-state index in [1.54, 1.807) is 6.92 Å². The molecule has 5 unspecified atom stereocenters. The molecule has 1 aliphatic rings. The highest BCUT2D eigenvalue weighted by Gasteiger charge is 2.42. The zero-order chi connectivity index (χ0) is 14.3. The van der Waals surface area contributed by atoms with E-state index in [-0.39, 0.29) is 29.6 Å². The molecule has 1 heterocycles. The highest BCUT2D eigenvalue weighted by Crippen LogP contribution is 2.41. The smallest absolute Gasteiger partial charge is 0.131 e. The van der Waals surface area contributed by atoms with Gasteiger partial charge in [-0.25, -0.2) is 8.78 Å². The molecule has 0 saturated carbocycles. The molecule has 1 aromatic rings. The Bertz CT molecular complexity index is 475. The average molecular weight is 270 g/mol. The summed E-state index contributed by atoms with van der Waals surface area (Å²) in [5.74, 6) is -1.36. The molecule has 106 valence electrons. The lowest BCUT2D eigenvalue weighted by molar-refractivity contribution is 0.0220. The van der Waals surface area contributed by atoms with Gasteiger partial charge in [0.1, 0.15) is 11.6 Å². The average Bonchev–Trinajstić information content (AvgIpc) is 2.57. The van der Waals surface area contributed by atoms with E-state index < -0.39 is 17.7 Å². The second-order valence-electron chi connectivity index (χ2n) is 5.55. The summed E-state index contributed by atoms with van der Waals surface area (Å²) in [6.07, 6.45) is -1.10. The molecule has 1 N–H and O–H groups in total. The summed E-state index contributed by atoms with van der Waals surface area (Å²) in [6, 6.07) is 2.22. The van der Waals surface area contributed by atoms with Crippen LogP contribution in [0.5, 0.6) is 0 Å². The third kappa shape index (κ3) is 2.51. The number of aliphatic hydroxyl groups excluding tert-OH is 1. The third-order valence-corrected chi connectivity index (χ3v) is 4.28. The second-order valence-corrected chi connectivity index (χ2v) is 5.55. The Hall–Kier alpha value is -1.00. The van der Waals surface area contributed by atoms with Crippen molar-refractivity contribution in [2.45, 2.75) is 46.0 Å². The van der Waals surface area contributed by atoms with Gasteiger partial charge in [-0.3, -0.25) is 0 Å². The van der Waals surface area contributed by atoms with Crippen LogP contribution in [0.2, 0.25) is 0 Å². The summed E-state index contributed by atoms with van der Waals surface area (Å²) in [4.78, 5) is 0. The predicted octanol–water partition coefficient (Wildman–Crippen LogP) is 3.37. The van der Waals surface area contributed by atoms with Gasteiger partial charge in [-0.2, -0.15) is 0 Å². The monoisotopic (exact) mass is 270 g/mol. The Morgan fingerprint density at radius 2 is 1.74 bits per heavy atom. The van der Waals surface area contributed by atoms with Crippen molar-refractivity contribution in [1.82, 2.24) is 0 Å². The van der Waals surface area contributed by atoms with Crippen LogP contribution in [0.1, 0.15) is 38.0 Å². The zero-order valence-corrected chi connectivity index (χ0v) is 11.7. The molecule has 1 saturated heterocycles. The Morgan fingerprint density at radius 3 is 2.26 bits per heavy atom. The fraction of sp³-hybridized carbons (Fsp3) is 0.600. The van der Waals surface area contributed by atoms with Crippen LogP contribution in [0.3, 0.4) is 0 Å². The predicted molar refractivity (Wildman–Crippen MR) is 68.7 cm³/mol. The van der Waals surface area contributed by atoms with Crippen molar-refractivity contribution >= 4 is 0 Å². The maximum atomic E-state index is 13.8. The molecule has 1 aromatic carbocycles. The number of rotatable bonds is 2. The molecule has 0 spiro atoms. The summed E-state index contributed by atoms with van der Waals surface area (Å²) >= 11 is 0. The minimum absolute atomic E-state index is 0.0271. The van der Waals surface area contributed by atoms with Crippen molar-refractivity contribution in [2.24, 2.45) is 11.8 Å². The lowest BCUT2D eigenvalue weighted by Gasteiger charge is -2.25. The van der Waals surface area contributed by atoms with E-state index >= 15 is 0 Å². The summed E-state index contributed by atoms with van der Waals surface area (Å²) in [5.41, 5.74) is 0.489. The van der Waals surface area contributed by atoms with Gasteiger partial charge in [-0.1, -0.05) is 6.92 Å². The molecule has 1 fully saturated rings. The van der Waals surface area contributed by atoms with E-state index in [4.69, 9.17) is 4.74 Å². The van der Waals surface area contributed by atoms with E-state index in [0.717, 1.165) is 6.07 Å². The van der Waals surface area contributed by atoms with Crippen LogP contribution in [-0.2, 0) is 4.74 Å². The molecule has 4 heteroatoms. The van der Waals surface area contributed by atoms with E-state index in [1.165, 1.54) is 6.07 Å². The van der Waals surface area contributed by atoms with Crippen molar-refractivity contribution in [1.29, 1.82) is 0 Å². The molecular weight excluding hydrogens is 250 g/mol. The fourth-order valence-electron chi connectivity index (χ4n) is 2.95. The van der Waals surface area contributed by atoms with Crippen molar-refractivity contribution in [3.63, 3.8) is 0 Å². The number of hydrogen-bond acceptors (Lipinski definition) is 2. The van der Waals surface area contributed by atoms with Gasteiger partial charge in [0.05, 0.1) is 18.3 Å². The normalized spacial score (nSPS) is 32.6. The number of aliphatic hydroxyl groups is 1. The van der Waals surface area contributed by atoms with Crippen molar-refractivity contribution in [3.8, 4) is 0 Å². The first kappa shape index (κ1) is 14.4. The van der Waals surface area contributed by atoms with Crippen LogP contribution in [-0.4, -0.2) is 17.3 Å². The quantitative estimate of drug-likeness (QED) is 0.893. The Kier molecular flexibility index (Phi) is 3.92. The van der Waals surface area contributed by atoms with Crippen LogP contribution < -0.4 is 0 Å². The van der Waals surface area contributed by atoms with Crippen LogP contribution >= 0.6 is 0 Å². The maximum absolute atomic E-state index is 13.8. The Labute approximate surface area is 112 Å². The van der Waals surface area contributed by atoms with Gasteiger partial charge in [0.25, 0.3) is 0 Å². The maximum Gasteiger partial charge on any atom is 0.131 e. The van der Waals surface area contributed by atoms with E-state index in [2.05, 4.69) is 0 Å². The molecule has 0 amide bonds. The van der Waals surface area contributed by atoms with Gasteiger partial charge >= 0.3 is 0 Å². The first-order valence-corrected chi connectivity index (χ1v) is 6.62. The van der Waals surface area contributed by atoms with Crippen LogP contribution in [0.25, 0.3) is 0 Å². The topological polar surface area (TPSA) is 29.5 Å². The fourth-order valence-corrected chi connectivity index (χ4v) is 2.95. The lowest BCUT2D eigenvalue weighted by Crippen LogP contribution is -2.25. The number of benzene rings is 1. The third-order valence-electron chi connectivity index (χ3n) is 4.28. The van der Waals surface area contributed by atoms with Gasteiger partial charge in [-0.05, 0) is 38.3 Å². The van der Waals surface area contributed by atoms with E-state index in [0.29, 0.717) is 5.56 Å². The highest BCUT2D eigenvalue weighted by atomic mass is 19.1. The highest BCUT2D eigenvalue weighted by molar-refractivity contribution is 5.28. The lowest BCUT2D eigenvalue weighted by atomic mass is 9.82. The zero-order valence-electron chi connectivity index (χ0n) is 11.7. The minimum Gasteiger partial charge on any atom is -0.388 e. The number of hydrogen-bond donors (Lipinski definition) is 1.